The molecule has 1 aromatic heterocycles. The van der Waals surface area contributed by atoms with Gasteiger partial charge in [0.05, 0.1) is 7.11 Å². The van der Waals surface area contributed by atoms with Crippen LogP contribution in [0.4, 0.5) is 0 Å². The summed E-state index contributed by atoms with van der Waals surface area (Å²) in [6.45, 7) is 0. The number of methoxy groups -OCH3 is 1. The lowest BCUT2D eigenvalue weighted by molar-refractivity contribution is 0.382. The standard InChI is InChI=1S/C15H25N3O/c1-19-15-10-14(17-11-18-15)9-13(16)8-12-6-4-2-3-5-7-12/h10-13H,2-9,16H2,1H3. The van der Waals surface area contributed by atoms with Gasteiger partial charge in [0.15, 0.2) is 0 Å². The van der Waals surface area contributed by atoms with Crippen LogP contribution in [-0.4, -0.2) is 23.1 Å². The summed E-state index contributed by atoms with van der Waals surface area (Å²) < 4.78 is 5.11. The molecule has 2 rings (SSSR count). The zero-order chi connectivity index (χ0) is 13.5. The minimum absolute atomic E-state index is 0.197. The molecule has 2 N–H and O–H groups in total. The van der Waals surface area contributed by atoms with Crippen molar-refractivity contribution in [3.05, 3.63) is 18.1 Å². The van der Waals surface area contributed by atoms with Gasteiger partial charge in [-0.15, -0.1) is 0 Å². The quantitative estimate of drug-likeness (QED) is 0.830. The Kier molecular flexibility index (Phi) is 5.58. The molecule has 19 heavy (non-hydrogen) atoms. The van der Waals surface area contributed by atoms with E-state index in [1.54, 1.807) is 13.4 Å². The van der Waals surface area contributed by atoms with Gasteiger partial charge >= 0.3 is 0 Å². The predicted molar refractivity (Wildman–Crippen MR) is 76.1 cm³/mol. The summed E-state index contributed by atoms with van der Waals surface area (Å²) in [5.74, 6) is 1.42. The first-order valence-corrected chi connectivity index (χ1v) is 7.38. The molecule has 0 aliphatic heterocycles. The molecule has 0 radical (unpaired) electrons. The molecule has 4 nitrogen and oxygen atoms in total. The molecule has 1 saturated carbocycles. The SMILES string of the molecule is COc1cc(CC(N)CC2CCCCCC2)ncn1. The Labute approximate surface area is 115 Å². The van der Waals surface area contributed by atoms with Crippen LogP contribution < -0.4 is 10.5 Å². The van der Waals surface area contributed by atoms with Gasteiger partial charge in [0.2, 0.25) is 5.88 Å². The molecule has 1 aromatic rings. The van der Waals surface area contributed by atoms with Crippen molar-refractivity contribution < 1.29 is 4.74 Å². The zero-order valence-corrected chi connectivity index (χ0v) is 11.8. The van der Waals surface area contributed by atoms with Crippen molar-refractivity contribution in [3.8, 4) is 5.88 Å². The van der Waals surface area contributed by atoms with E-state index >= 15 is 0 Å². The van der Waals surface area contributed by atoms with Crippen LogP contribution in [0.25, 0.3) is 0 Å². The third-order valence-electron chi connectivity index (χ3n) is 3.99. The van der Waals surface area contributed by atoms with E-state index in [1.165, 1.54) is 38.5 Å². The van der Waals surface area contributed by atoms with Crippen LogP contribution >= 0.6 is 0 Å². The van der Waals surface area contributed by atoms with Gasteiger partial charge in [-0.25, -0.2) is 9.97 Å². The minimum Gasteiger partial charge on any atom is -0.481 e. The summed E-state index contributed by atoms with van der Waals surface area (Å²) in [6.07, 6.45) is 11.7. The Morgan fingerprint density at radius 3 is 2.68 bits per heavy atom. The Morgan fingerprint density at radius 2 is 2.00 bits per heavy atom. The van der Waals surface area contributed by atoms with Crippen LogP contribution in [0, 0.1) is 5.92 Å². The lowest BCUT2D eigenvalue weighted by Crippen LogP contribution is -2.26. The molecule has 1 fully saturated rings. The first-order chi connectivity index (χ1) is 9.28. The predicted octanol–water partition coefficient (Wildman–Crippen LogP) is 2.72. The summed E-state index contributed by atoms with van der Waals surface area (Å²) in [6, 6.07) is 2.08. The van der Waals surface area contributed by atoms with Crippen LogP contribution in [0.5, 0.6) is 5.88 Å². The third-order valence-corrected chi connectivity index (χ3v) is 3.99. The number of hydrogen-bond acceptors (Lipinski definition) is 4. The van der Waals surface area contributed by atoms with Crippen molar-refractivity contribution in [1.29, 1.82) is 0 Å². The fourth-order valence-electron chi connectivity index (χ4n) is 2.98. The van der Waals surface area contributed by atoms with Gasteiger partial charge < -0.3 is 10.5 Å². The highest BCUT2D eigenvalue weighted by Gasteiger charge is 2.16. The van der Waals surface area contributed by atoms with E-state index in [1.807, 2.05) is 6.07 Å². The molecule has 0 bridgehead atoms. The first kappa shape index (κ1) is 14.3. The molecule has 0 saturated heterocycles. The monoisotopic (exact) mass is 263 g/mol. The van der Waals surface area contributed by atoms with E-state index in [0.717, 1.165) is 24.5 Å². The van der Waals surface area contributed by atoms with Crippen molar-refractivity contribution >= 4 is 0 Å². The van der Waals surface area contributed by atoms with E-state index in [2.05, 4.69) is 9.97 Å². The van der Waals surface area contributed by atoms with E-state index in [-0.39, 0.29) is 6.04 Å². The number of aromatic nitrogens is 2. The molecule has 1 atom stereocenters. The molecule has 4 heteroatoms. The Hall–Kier alpha value is -1.16. The summed E-state index contributed by atoms with van der Waals surface area (Å²) in [5, 5.41) is 0. The van der Waals surface area contributed by atoms with Crippen molar-refractivity contribution in [1.82, 2.24) is 9.97 Å². The maximum atomic E-state index is 6.28. The summed E-state index contributed by atoms with van der Waals surface area (Å²) in [5.41, 5.74) is 7.26. The fraction of sp³-hybridized carbons (Fsp3) is 0.733. The highest BCUT2D eigenvalue weighted by Crippen LogP contribution is 2.26. The molecule has 1 unspecified atom stereocenters. The summed E-state index contributed by atoms with van der Waals surface area (Å²) in [4.78, 5) is 8.29. The van der Waals surface area contributed by atoms with Gasteiger partial charge in [-0.05, 0) is 12.3 Å². The van der Waals surface area contributed by atoms with Crippen molar-refractivity contribution in [2.24, 2.45) is 11.7 Å². The van der Waals surface area contributed by atoms with Gasteiger partial charge in [0.1, 0.15) is 6.33 Å². The van der Waals surface area contributed by atoms with Gasteiger partial charge in [0, 0.05) is 24.2 Å². The molecule has 106 valence electrons. The molecular weight excluding hydrogens is 238 g/mol. The Bertz CT molecular complexity index is 375. The number of nitrogens with zero attached hydrogens (tertiary/aromatic N) is 2. The first-order valence-electron chi connectivity index (χ1n) is 7.38. The second kappa shape index (κ2) is 7.43. The Balaban J connectivity index is 1.83. The second-order valence-electron chi connectivity index (χ2n) is 5.61. The largest absolute Gasteiger partial charge is 0.481 e. The van der Waals surface area contributed by atoms with E-state index in [4.69, 9.17) is 10.5 Å². The fourth-order valence-corrected chi connectivity index (χ4v) is 2.98. The number of hydrogen-bond donors (Lipinski definition) is 1. The molecule has 0 aromatic carbocycles. The number of nitrogens with two attached hydrogens (primary N) is 1. The molecule has 1 aliphatic carbocycles. The zero-order valence-electron chi connectivity index (χ0n) is 11.8. The normalized spacial score (nSPS) is 18.8. The molecule has 1 heterocycles. The van der Waals surface area contributed by atoms with Crippen LogP contribution in [0.2, 0.25) is 0 Å². The topological polar surface area (TPSA) is 61.0 Å². The van der Waals surface area contributed by atoms with E-state index in [9.17, 15) is 0 Å². The maximum absolute atomic E-state index is 6.28. The van der Waals surface area contributed by atoms with Crippen molar-refractivity contribution in [3.63, 3.8) is 0 Å². The van der Waals surface area contributed by atoms with E-state index in [0.29, 0.717) is 5.88 Å². The maximum Gasteiger partial charge on any atom is 0.216 e. The van der Waals surface area contributed by atoms with Crippen molar-refractivity contribution in [2.45, 2.75) is 57.4 Å². The van der Waals surface area contributed by atoms with Crippen LogP contribution in [0.15, 0.2) is 12.4 Å². The smallest absolute Gasteiger partial charge is 0.216 e. The number of rotatable bonds is 5. The van der Waals surface area contributed by atoms with Crippen molar-refractivity contribution in [2.75, 3.05) is 7.11 Å². The average molecular weight is 263 g/mol. The minimum atomic E-state index is 0.197. The lowest BCUT2D eigenvalue weighted by Gasteiger charge is -2.19. The summed E-state index contributed by atoms with van der Waals surface area (Å²) >= 11 is 0. The van der Waals surface area contributed by atoms with Crippen LogP contribution in [0.1, 0.15) is 50.6 Å². The average Bonchev–Trinajstić information content (AvgIpc) is 2.67. The second-order valence-corrected chi connectivity index (χ2v) is 5.61. The molecule has 1 aliphatic rings. The van der Waals surface area contributed by atoms with Gasteiger partial charge in [-0.1, -0.05) is 38.5 Å². The van der Waals surface area contributed by atoms with Gasteiger partial charge in [-0.2, -0.15) is 0 Å². The number of ether oxygens (including phenoxy) is 1. The van der Waals surface area contributed by atoms with Gasteiger partial charge in [0.25, 0.3) is 0 Å². The summed E-state index contributed by atoms with van der Waals surface area (Å²) in [7, 11) is 1.62. The highest BCUT2D eigenvalue weighted by molar-refractivity contribution is 5.14. The van der Waals surface area contributed by atoms with Gasteiger partial charge in [-0.3, -0.25) is 0 Å². The Morgan fingerprint density at radius 1 is 1.26 bits per heavy atom. The molecule has 0 spiro atoms. The molecular formula is C15H25N3O. The van der Waals surface area contributed by atoms with E-state index < -0.39 is 0 Å². The third kappa shape index (κ3) is 4.78. The van der Waals surface area contributed by atoms with Crippen LogP contribution in [-0.2, 0) is 6.42 Å². The highest BCUT2D eigenvalue weighted by atomic mass is 16.5. The van der Waals surface area contributed by atoms with Crippen LogP contribution in [0.3, 0.4) is 0 Å². The molecule has 0 amide bonds. The lowest BCUT2D eigenvalue weighted by atomic mass is 9.91.